The molecule has 5 nitrogen and oxygen atoms in total. The summed E-state index contributed by atoms with van der Waals surface area (Å²) in [6.07, 6.45) is 3.46. The van der Waals surface area contributed by atoms with E-state index in [1.54, 1.807) is 12.4 Å². The fourth-order valence-electron chi connectivity index (χ4n) is 2.56. The van der Waals surface area contributed by atoms with Crippen LogP contribution in [0, 0.1) is 13.8 Å². The minimum absolute atomic E-state index is 0.0866. The van der Waals surface area contributed by atoms with Crippen LogP contribution in [0.3, 0.4) is 0 Å². The zero-order valence-corrected chi connectivity index (χ0v) is 13.9. The third-order valence-electron chi connectivity index (χ3n) is 3.83. The largest absolute Gasteiger partial charge is 0.348 e. The van der Waals surface area contributed by atoms with Crippen molar-refractivity contribution < 1.29 is 4.79 Å². The number of hydrogen-bond donors (Lipinski definition) is 1. The predicted octanol–water partition coefficient (Wildman–Crippen LogP) is 2.87. The number of pyridine rings is 1. The van der Waals surface area contributed by atoms with Crippen molar-refractivity contribution in [1.82, 2.24) is 20.1 Å². The van der Waals surface area contributed by atoms with E-state index in [9.17, 15) is 4.79 Å². The Hall–Kier alpha value is -2.95. The van der Waals surface area contributed by atoms with Crippen LogP contribution in [0.1, 0.15) is 32.9 Å². The van der Waals surface area contributed by atoms with Crippen LogP contribution in [0.25, 0.3) is 0 Å². The van der Waals surface area contributed by atoms with Gasteiger partial charge in [0.05, 0.1) is 12.2 Å². The van der Waals surface area contributed by atoms with E-state index >= 15 is 0 Å². The van der Waals surface area contributed by atoms with E-state index in [-0.39, 0.29) is 5.91 Å². The topological polar surface area (TPSA) is 59.8 Å². The number of aromatic nitrogens is 3. The second kappa shape index (κ2) is 7.08. The minimum atomic E-state index is -0.0866. The van der Waals surface area contributed by atoms with Crippen molar-refractivity contribution >= 4 is 5.91 Å². The molecular weight excluding hydrogens is 300 g/mol. The number of hydrogen-bond acceptors (Lipinski definition) is 3. The molecule has 0 aliphatic rings. The van der Waals surface area contributed by atoms with E-state index in [1.807, 2.05) is 54.9 Å². The number of aryl methyl sites for hydroxylation is 2. The Morgan fingerprint density at radius 1 is 1.12 bits per heavy atom. The number of carbonyl (C=O) groups excluding carboxylic acids is 1. The first-order valence-electron chi connectivity index (χ1n) is 7.89. The number of nitrogens with one attached hydrogen (secondary N) is 1. The molecule has 0 saturated carbocycles. The average molecular weight is 320 g/mol. The van der Waals surface area contributed by atoms with Gasteiger partial charge in [-0.1, -0.05) is 18.2 Å². The molecule has 1 N–H and O–H groups in total. The highest BCUT2D eigenvalue weighted by molar-refractivity contribution is 5.94. The Bertz CT molecular complexity index is 822. The van der Waals surface area contributed by atoms with Gasteiger partial charge in [-0.25, -0.2) is 0 Å². The zero-order valence-electron chi connectivity index (χ0n) is 13.9. The molecule has 1 aromatic carbocycles. The highest BCUT2D eigenvalue weighted by Gasteiger charge is 2.06. The van der Waals surface area contributed by atoms with Gasteiger partial charge in [-0.3, -0.25) is 14.5 Å². The average Bonchev–Trinajstić information content (AvgIpc) is 2.91. The molecule has 1 amide bonds. The van der Waals surface area contributed by atoms with Crippen LogP contribution in [0.5, 0.6) is 0 Å². The lowest BCUT2D eigenvalue weighted by Gasteiger charge is -2.07. The lowest BCUT2D eigenvalue weighted by atomic mass is 10.1. The summed E-state index contributed by atoms with van der Waals surface area (Å²) < 4.78 is 1.97. The molecule has 0 unspecified atom stereocenters. The zero-order chi connectivity index (χ0) is 16.9. The fourth-order valence-corrected chi connectivity index (χ4v) is 2.56. The molecule has 0 atom stereocenters. The maximum Gasteiger partial charge on any atom is 0.251 e. The van der Waals surface area contributed by atoms with Gasteiger partial charge >= 0.3 is 0 Å². The first-order valence-corrected chi connectivity index (χ1v) is 7.89. The first-order chi connectivity index (χ1) is 11.6. The van der Waals surface area contributed by atoms with Crippen molar-refractivity contribution in [2.75, 3.05) is 0 Å². The Morgan fingerprint density at radius 3 is 2.54 bits per heavy atom. The number of benzene rings is 1. The lowest BCUT2D eigenvalue weighted by molar-refractivity contribution is 0.0951. The second-order valence-electron chi connectivity index (χ2n) is 5.83. The van der Waals surface area contributed by atoms with E-state index < -0.39 is 0 Å². The summed E-state index contributed by atoms with van der Waals surface area (Å²) >= 11 is 0. The Morgan fingerprint density at radius 2 is 1.92 bits per heavy atom. The van der Waals surface area contributed by atoms with Gasteiger partial charge in [0.25, 0.3) is 5.91 Å². The lowest BCUT2D eigenvalue weighted by Crippen LogP contribution is -2.22. The van der Waals surface area contributed by atoms with Gasteiger partial charge in [0.15, 0.2) is 0 Å². The van der Waals surface area contributed by atoms with Crippen molar-refractivity contribution in [3.63, 3.8) is 0 Å². The molecule has 3 rings (SSSR count). The quantitative estimate of drug-likeness (QED) is 0.786. The van der Waals surface area contributed by atoms with Crippen molar-refractivity contribution in [2.24, 2.45) is 0 Å². The van der Waals surface area contributed by atoms with Crippen LogP contribution in [0.4, 0.5) is 0 Å². The molecule has 3 aromatic rings. The van der Waals surface area contributed by atoms with Gasteiger partial charge in [0, 0.05) is 30.2 Å². The van der Waals surface area contributed by atoms with Gasteiger partial charge in [-0.05, 0) is 49.2 Å². The summed E-state index contributed by atoms with van der Waals surface area (Å²) in [5.41, 5.74) is 4.89. The molecule has 5 heteroatoms. The number of rotatable bonds is 5. The maximum absolute atomic E-state index is 12.2. The van der Waals surface area contributed by atoms with E-state index in [1.165, 1.54) is 0 Å². The van der Waals surface area contributed by atoms with Crippen LogP contribution in [0.15, 0.2) is 54.9 Å². The van der Waals surface area contributed by atoms with Crippen LogP contribution < -0.4 is 5.32 Å². The van der Waals surface area contributed by atoms with Crippen molar-refractivity contribution in [1.29, 1.82) is 0 Å². The Balaban J connectivity index is 1.61. The number of nitrogens with zero attached hydrogens (tertiary/aromatic N) is 3. The number of amides is 1. The van der Waals surface area contributed by atoms with Gasteiger partial charge in [-0.15, -0.1) is 0 Å². The molecule has 0 fully saturated rings. The molecule has 0 bridgehead atoms. The maximum atomic E-state index is 12.2. The highest BCUT2D eigenvalue weighted by Crippen LogP contribution is 2.09. The summed E-state index contributed by atoms with van der Waals surface area (Å²) in [5, 5.41) is 7.36. The molecule has 2 heterocycles. The molecule has 2 aromatic heterocycles. The van der Waals surface area contributed by atoms with Gasteiger partial charge in [-0.2, -0.15) is 5.10 Å². The van der Waals surface area contributed by atoms with Crippen LogP contribution in [-0.4, -0.2) is 20.7 Å². The van der Waals surface area contributed by atoms with Crippen LogP contribution >= 0.6 is 0 Å². The first kappa shape index (κ1) is 15.9. The minimum Gasteiger partial charge on any atom is -0.348 e. The monoisotopic (exact) mass is 320 g/mol. The van der Waals surface area contributed by atoms with Crippen molar-refractivity contribution in [3.8, 4) is 0 Å². The highest BCUT2D eigenvalue weighted by atomic mass is 16.1. The Labute approximate surface area is 141 Å². The second-order valence-corrected chi connectivity index (χ2v) is 5.83. The molecule has 24 heavy (non-hydrogen) atoms. The third kappa shape index (κ3) is 3.87. The molecule has 0 aliphatic carbocycles. The molecule has 122 valence electrons. The van der Waals surface area contributed by atoms with Crippen molar-refractivity contribution in [2.45, 2.75) is 26.9 Å². The summed E-state index contributed by atoms with van der Waals surface area (Å²) in [6, 6.07) is 13.5. The molecule has 0 radical (unpaired) electrons. The standard InChI is InChI=1S/C19H20N4O/c1-14-10-15(2)23(22-14)13-16-5-7-18(8-6-16)19(24)21-12-17-4-3-9-20-11-17/h3-11H,12-13H2,1-2H3,(H,21,24). The van der Waals surface area contributed by atoms with E-state index in [2.05, 4.69) is 21.5 Å². The third-order valence-corrected chi connectivity index (χ3v) is 3.83. The predicted molar refractivity (Wildman–Crippen MR) is 92.7 cm³/mol. The van der Waals surface area contributed by atoms with Gasteiger partial charge in [0.2, 0.25) is 0 Å². The van der Waals surface area contributed by atoms with E-state index in [4.69, 9.17) is 0 Å². The summed E-state index contributed by atoms with van der Waals surface area (Å²) in [5.74, 6) is -0.0866. The van der Waals surface area contributed by atoms with Crippen LogP contribution in [-0.2, 0) is 13.1 Å². The van der Waals surface area contributed by atoms with Gasteiger partial charge < -0.3 is 5.32 Å². The molecule has 0 saturated heterocycles. The van der Waals surface area contributed by atoms with E-state index in [0.29, 0.717) is 18.7 Å². The summed E-state index contributed by atoms with van der Waals surface area (Å²) in [4.78, 5) is 16.2. The van der Waals surface area contributed by atoms with Gasteiger partial charge in [0.1, 0.15) is 0 Å². The van der Waals surface area contributed by atoms with Crippen molar-refractivity contribution in [3.05, 3.63) is 82.9 Å². The molecular formula is C19H20N4O. The fraction of sp³-hybridized carbons (Fsp3) is 0.211. The normalized spacial score (nSPS) is 10.6. The molecule has 0 aliphatic heterocycles. The smallest absolute Gasteiger partial charge is 0.251 e. The summed E-state index contributed by atoms with van der Waals surface area (Å²) in [7, 11) is 0. The number of carbonyl (C=O) groups is 1. The summed E-state index contributed by atoms with van der Waals surface area (Å²) in [6.45, 7) is 5.21. The SMILES string of the molecule is Cc1cc(C)n(Cc2ccc(C(=O)NCc3cccnc3)cc2)n1. The molecule has 0 spiro atoms. The van der Waals surface area contributed by atoms with E-state index in [0.717, 1.165) is 22.5 Å². The Kier molecular flexibility index (Phi) is 4.70. The van der Waals surface area contributed by atoms with Crippen LogP contribution in [0.2, 0.25) is 0 Å².